The molecule has 0 radical (unpaired) electrons. The first-order chi connectivity index (χ1) is 12.8. The van der Waals surface area contributed by atoms with Crippen molar-refractivity contribution in [2.45, 2.75) is 110 Å². The number of carbonyl (C=O) groups is 2. The minimum Gasteiger partial charge on any atom is -0.469 e. The quantitative estimate of drug-likeness (QED) is 0.241. The lowest BCUT2D eigenvalue weighted by molar-refractivity contribution is -0.150. The number of hydrogen-bond donors (Lipinski definition) is 0. The zero-order valence-corrected chi connectivity index (χ0v) is 23.1. The highest BCUT2D eigenvalue weighted by molar-refractivity contribution is 6.74. The van der Waals surface area contributed by atoms with Crippen LogP contribution in [0.1, 0.15) is 61.8 Å². The highest BCUT2D eigenvalue weighted by Gasteiger charge is 2.46. The molecule has 0 rings (SSSR count). The first-order valence-corrected chi connectivity index (χ1v) is 16.5. The summed E-state index contributed by atoms with van der Waals surface area (Å²) < 4.78 is 18.4. The number of esters is 1. The van der Waals surface area contributed by atoms with E-state index in [0.717, 1.165) is 6.29 Å². The third-order valence-corrected chi connectivity index (χ3v) is 16.0. The molecule has 0 aromatic rings. The molecule has 0 aromatic heterocycles. The summed E-state index contributed by atoms with van der Waals surface area (Å²) in [6.07, 6.45) is 0.535. The molecule has 0 aliphatic rings. The molecular weight excluding hydrogens is 400 g/mol. The van der Waals surface area contributed by atoms with E-state index in [1.54, 1.807) is 0 Å². The Morgan fingerprint density at radius 3 is 1.66 bits per heavy atom. The largest absolute Gasteiger partial charge is 0.469 e. The van der Waals surface area contributed by atoms with Crippen molar-refractivity contribution in [3.05, 3.63) is 0 Å². The van der Waals surface area contributed by atoms with Gasteiger partial charge in [0.2, 0.25) is 0 Å². The summed E-state index contributed by atoms with van der Waals surface area (Å²) >= 11 is 0. The predicted octanol–water partition coefficient (Wildman–Crippen LogP) is 5.80. The molecule has 172 valence electrons. The minimum atomic E-state index is -2.16. The van der Waals surface area contributed by atoms with E-state index < -0.39 is 22.6 Å². The molecule has 29 heavy (non-hydrogen) atoms. The van der Waals surface area contributed by atoms with E-state index in [9.17, 15) is 9.59 Å². The van der Waals surface area contributed by atoms with Crippen LogP contribution in [0.2, 0.25) is 36.3 Å². The zero-order valence-electron chi connectivity index (χ0n) is 21.1. The van der Waals surface area contributed by atoms with Gasteiger partial charge in [-0.05, 0) is 43.2 Å². The lowest BCUT2D eigenvalue weighted by Crippen LogP contribution is -2.53. The van der Waals surface area contributed by atoms with Gasteiger partial charge in [-0.3, -0.25) is 4.79 Å². The Hall–Kier alpha value is -0.506. The first kappa shape index (κ1) is 28.5. The average molecular weight is 447 g/mol. The summed E-state index contributed by atoms with van der Waals surface area (Å²) in [6, 6.07) is 0. The van der Waals surface area contributed by atoms with Gasteiger partial charge in [-0.25, -0.2) is 0 Å². The van der Waals surface area contributed by atoms with Gasteiger partial charge < -0.3 is 18.4 Å². The van der Waals surface area contributed by atoms with Gasteiger partial charge in [-0.1, -0.05) is 48.5 Å². The van der Waals surface area contributed by atoms with Crippen LogP contribution in [0.5, 0.6) is 0 Å². The first-order valence-electron chi connectivity index (χ1n) is 10.7. The van der Waals surface area contributed by atoms with Crippen molar-refractivity contribution in [1.29, 1.82) is 0 Å². The standard InChI is InChI=1S/C22H46O5Si2/c1-16(18(14-15-23)26-28(10,11)21(3,4)5)19(17(2)20(24)25-9)27-29(12,13)22(6,7)8/h15-19H,14H2,1-13H3/t16-,17+,18-,19-/m0/s1. The molecule has 0 fully saturated rings. The normalized spacial score (nSPS) is 18.0. The molecule has 0 amide bonds. The van der Waals surface area contributed by atoms with E-state index >= 15 is 0 Å². The minimum absolute atomic E-state index is 0.00124. The van der Waals surface area contributed by atoms with Gasteiger partial charge in [0.05, 0.1) is 25.2 Å². The van der Waals surface area contributed by atoms with Crippen LogP contribution in [0.25, 0.3) is 0 Å². The third kappa shape index (κ3) is 7.60. The lowest BCUT2D eigenvalue weighted by Gasteiger charge is -2.46. The van der Waals surface area contributed by atoms with Crippen molar-refractivity contribution in [3.63, 3.8) is 0 Å². The maximum atomic E-state index is 12.4. The molecule has 0 saturated carbocycles. The number of rotatable bonds is 10. The van der Waals surface area contributed by atoms with E-state index in [1.165, 1.54) is 7.11 Å². The van der Waals surface area contributed by atoms with Crippen LogP contribution >= 0.6 is 0 Å². The molecule has 4 atom stereocenters. The summed E-state index contributed by atoms with van der Waals surface area (Å²) in [5.74, 6) is -0.864. The van der Waals surface area contributed by atoms with Crippen molar-refractivity contribution in [2.24, 2.45) is 11.8 Å². The fourth-order valence-corrected chi connectivity index (χ4v) is 5.61. The van der Waals surface area contributed by atoms with Crippen LogP contribution in [-0.4, -0.2) is 48.2 Å². The summed E-state index contributed by atoms with van der Waals surface area (Å²) in [7, 11) is -2.85. The number of hydrogen-bond acceptors (Lipinski definition) is 5. The van der Waals surface area contributed by atoms with Gasteiger partial charge in [0.25, 0.3) is 0 Å². The average Bonchev–Trinajstić information content (AvgIpc) is 2.55. The number of carbonyl (C=O) groups excluding carboxylic acids is 2. The monoisotopic (exact) mass is 446 g/mol. The molecule has 0 unspecified atom stereocenters. The second kappa shape index (κ2) is 10.2. The van der Waals surface area contributed by atoms with Gasteiger partial charge in [-0.15, -0.1) is 0 Å². The maximum absolute atomic E-state index is 12.4. The Morgan fingerprint density at radius 1 is 0.897 bits per heavy atom. The van der Waals surface area contributed by atoms with Crippen molar-refractivity contribution in [3.8, 4) is 0 Å². The van der Waals surface area contributed by atoms with Crippen molar-refractivity contribution >= 4 is 28.9 Å². The number of ether oxygens (including phenoxy) is 1. The molecule has 0 saturated heterocycles. The molecule has 0 heterocycles. The fourth-order valence-electron chi connectivity index (χ4n) is 2.73. The maximum Gasteiger partial charge on any atom is 0.310 e. The van der Waals surface area contributed by atoms with Crippen molar-refractivity contribution < 1.29 is 23.2 Å². The lowest BCUT2D eigenvalue weighted by atomic mass is 9.88. The Morgan fingerprint density at radius 2 is 1.31 bits per heavy atom. The topological polar surface area (TPSA) is 61.8 Å². The van der Waals surface area contributed by atoms with Gasteiger partial charge in [0.1, 0.15) is 6.29 Å². The van der Waals surface area contributed by atoms with E-state index in [0.29, 0.717) is 6.42 Å². The molecule has 0 aromatic carbocycles. The Bertz CT molecular complexity index is 546. The predicted molar refractivity (Wildman–Crippen MR) is 125 cm³/mol. The van der Waals surface area contributed by atoms with Crippen LogP contribution in [-0.2, 0) is 23.2 Å². The van der Waals surface area contributed by atoms with Crippen LogP contribution < -0.4 is 0 Å². The molecule has 0 aliphatic carbocycles. The van der Waals surface area contributed by atoms with Crippen LogP contribution in [0, 0.1) is 11.8 Å². The zero-order chi connectivity index (χ0) is 23.4. The van der Waals surface area contributed by atoms with Gasteiger partial charge in [-0.2, -0.15) is 0 Å². The fraction of sp³-hybridized carbons (Fsp3) is 0.909. The Kier molecular flexibility index (Phi) is 10.0. The second-order valence-electron chi connectivity index (χ2n) is 11.3. The smallest absolute Gasteiger partial charge is 0.310 e. The van der Waals surface area contributed by atoms with E-state index in [-0.39, 0.29) is 34.2 Å². The summed E-state index contributed by atoms with van der Waals surface area (Å²) in [5, 5.41) is 0.0266. The second-order valence-corrected chi connectivity index (χ2v) is 20.8. The third-order valence-electron chi connectivity index (χ3n) is 6.99. The van der Waals surface area contributed by atoms with Gasteiger partial charge in [0.15, 0.2) is 16.6 Å². The molecule has 0 N–H and O–H groups in total. The summed E-state index contributed by atoms with van der Waals surface area (Å²) in [5.41, 5.74) is 0. The van der Waals surface area contributed by atoms with Crippen LogP contribution in [0.4, 0.5) is 0 Å². The Labute approximate surface area is 181 Å². The SMILES string of the molecule is COC(=O)[C@H](C)[C@@H](O[Si](C)(C)C(C)(C)C)[C@@H](C)[C@H](CC=O)O[Si](C)(C)C(C)(C)C. The molecule has 0 spiro atoms. The molecule has 5 nitrogen and oxygen atoms in total. The van der Waals surface area contributed by atoms with Gasteiger partial charge in [0, 0.05) is 12.3 Å². The van der Waals surface area contributed by atoms with Crippen molar-refractivity contribution in [1.82, 2.24) is 0 Å². The van der Waals surface area contributed by atoms with E-state index in [4.69, 9.17) is 13.6 Å². The van der Waals surface area contributed by atoms with Crippen LogP contribution in [0.15, 0.2) is 0 Å². The summed E-state index contributed by atoms with van der Waals surface area (Å²) in [6.45, 7) is 25.7. The number of methoxy groups -OCH3 is 1. The van der Waals surface area contributed by atoms with Gasteiger partial charge >= 0.3 is 5.97 Å². The van der Waals surface area contributed by atoms with E-state index in [2.05, 4.69) is 67.7 Å². The van der Waals surface area contributed by atoms with E-state index in [1.807, 2.05) is 13.8 Å². The highest BCUT2D eigenvalue weighted by atomic mass is 28.4. The molecular formula is C22H46O5Si2. The molecule has 0 bridgehead atoms. The van der Waals surface area contributed by atoms with Crippen LogP contribution in [0.3, 0.4) is 0 Å². The summed E-state index contributed by atoms with van der Waals surface area (Å²) in [4.78, 5) is 23.9. The highest BCUT2D eigenvalue weighted by Crippen LogP contribution is 2.42. The van der Waals surface area contributed by atoms with Crippen molar-refractivity contribution in [2.75, 3.05) is 7.11 Å². The molecule has 0 aliphatic heterocycles. The molecule has 7 heteroatoms. The number of aldehydes is 1. The Balaban J connectivity index is 6.03.